The van der Waals surface area contributed by atoms with Crippen molar-refractivity contribution < 1.29 is 22.7 Å². The average molecular weight is 257 g/mol. The molecule has 0 aliphatic heterocycles. The Hall–Kier alpha value is -2.03. The quantitative estimate of drug-likeness (QED) is 0.765. The number of hydrogen-bond donors (Lipinski definition) is 0. The fourth-order valence-corrected chi connectivity index (χ4v) is 1.57. The van der Waals surface area contributed by atoms with Crippen molar-refractivity contribution in [3.8, 4) is 6.07 Å². The van der Waals surface area contributed by atoms with Crippen molar-refractivity contribution in [3.05, 3.63) is 34.4 Å². The highest BCUT2D eigenvalue weighted by Gasteiger charge is 2.35. The van der Waals surface area contributed by atoms with Crippen LogP contribution in [0.2, 0.25) is 0 Å². The van der Waals surface area contributed by atoms with E-state index in [4.69, 9.17) is 5.26 Å². The molecule has 0 heterocycles. The number of carbonyl (C=O) groups is 1. The van der Waals surface area contributed by atoms with E-state index in [1.807, 2.05) is 0 Å². The van der Waals surface area contributed by atoms with Gasteiger partial charge in [-0.05, 0) is 24.1 Å². The maximum atomic E-state index is 12.8. The molecular formula is C12H10F3NO2. The van der Waals surface area contributed by atoms with Crippen molar-refractivity contribution in [1.82, 2.24) is 0 Å². The summed E-state index contributed by atoms with van der Waals surface area (Å²) in [6, 6.07) is 3.43. The SMILES string of the molecule is CCc1cc(C(=O)OC)cc(C(F)(F)F)c1C#N. The second-order valence-corrected chi connectivity index (χ2v) is 3.51. The first-order valence-electron chi connectivity index (χ1n) is 5.07. The molecule has 0 fully saturated rings. The van der Waals surface area contributed by atoms with Gasteiger partial charge in [0, 0.05) is 0 Å². The summed E-state index contributed by atoms with van der Waals surface area (Å²) in [6.45, 7) is 1.61. The van der Waals surface area contributed by atoms with Crippen LogP contribution in [-0.4, -0.2) is 13.1 Å². The van der Waals surface area contributed by atoms with Crippen LogP contribution in [-0.2, 0) is 17.3 Å². The summed E-state index contributed by atoms with van der Waals surface area (Å²) < 4.78 is 42.8. The van der Waals surface area contributed by atoms with Crippen molar-refractivity contribution in [3.63, 3.8) is 0 Å². The Morgan fingerprint density at radius 2 is 2.06 bits per heavy atom. The molecule has 0 spiro atoms. The predicted molar refractivity (Wildman–Crippen MR) is 56.9 cm³/mol. The first-order chi connectivity index (χ1) is 8.35. The normalized spacial score (nSPS) is 10.9. The number of rotatable bonds is 2. The van der Waals surface area contributed by atoms with Crippen LogP contribution in [0.3, 0.4) is 0 Å². The second-order valence-electron chi connectivity index (χ2n) is 3.51. The van der Waals surface area contributed by atoms with Crippen LogP contribution in [0.15, 0.2) is 12.1 Å². The lowest BCUT2D eigenvalue weighted by Crippen LogP contribution is -2.13. The van der Waals surface area contributed by atoms with Crippen LogP contribution in [0.5, 0.6) is 0 Å². The van der Waals surface area contributed by atoms with Crippen LogP contribution in [0.1, 0.15) is 34.0 Å². The number of benzene rings is 1. The Kier molecular flexibility index (Phi) is 3.96. The van der Waals surface area contributed by atoms with E-state index in [9.17, 15) is 18.0 Å². The molecule has 0 unspecified atom stereocenters. The van der Waals surface area contributed by atoms with E-state index < -0.39 is 23.3 Å². The Morgan fingerprint density at radius 1 is 1.44 bits per heavy atom. The third-order valence-electron chi connectivity index (χ3n) is 2.44. The van der Waals surface area contributed by atoms with E-state index in [0.29, 0.717) is 6.07 Å². The molecule has 0 radical (unpaired) electrons. The van der Waals surface area contributed by atoms with Gasteiger partial charge in [0.15, 0.2) is 0 Å². The third kappa shape index (κ3) is 2.62. The van der Waals surface area contributed by atoms with Crippen molar-refractivity contribution in [1.29, 1.82) is 5.26 Å². The van der Waals surface area contributed by atoms with Gasteiger partial charge in [-0.2, -0.15) is 18.4 Å². The van der Waals surface area contributed by atoms with Gasteiger partial charge in [0.25, 0.3) is 0 Å². The van der Waals surface area contributed by atoms with Gasteiger partial charge in [-0.15, -0.1) is 0 Å². The number of esters is 1. The third-order valence-corrected chi connectivity index (χ3v) is 2.44. The number of aryl methyl sites for hydroxylation is 1. The van der Waals surface area contributed by atoms with E-state index in [-0.39, 0.29) is 17.5 Å². The molecule has 18 heavy (non-hydrogen) atoms. The van der Waals surface area contributed by atoms with Crippen LogP contribution in [0, 0.1) is 11.3 Å². The summed E-state index contributed by atoms with van der Waals surface area (Å²) in [5, 5.41) is 8.81. The molecule has 0 N–H and O–H groups in total. The molecule has 0 saturated heterocycles. The number of nitriles is 1. The van der Waals surface area contributed by atoms with Crippen molar-refractivity contribution in [2.45, 2.75) is 19.5 Å². The van der Waals surface area contributed by atoms with Crippen molar-refractivity contribution in [2.75, 3.05) is 7.11 Å². The number of carbonyl (C=O) groups excluding carboxylic acids is 1. The molecule has 0 atom stereocenters. The van der Waals surface area contributed by atoms with E-state index in [0.717, 1.165) is 7.11 Å². The molecule has 0 amide bonds. The van der Waals surface area contributed by atoms with Gasteiger partial charge < -0.3 is 4.74 Å². The molecular weight excluding hydrogens is 247 g/mol. The molecule has 96 valence electrons. The molecule has 1 aromatic rings. The fraction of sp³-hybridized carbons (Fsp3) is 0.333. The standard InChI is InChI=1S/C12H10F3NO2/c1-3-7-4-8(11(17)18-2)5-10(9(7)6-16)12(13,14)15/h4-5H,3H2,1-2H3. The fourth-order valence-electron chi connectivity index (χ4n) is 1.57. The van der Waals surface area contributed by atoms with Gasteiger partial charge >= 0.3 is 12.1 Å². The first-order valence-corrected chi connectivity index (χ1v) is 5.07. The Morgan fingerprint density at radius 3 is 2.44 bits per heavy atom. The minimum atomic E-state index is -4.68. The van der Waals surface area contributed by atoms with Gasteiger partial charge in [-0.3, -0.25) is 0 Å². The zero-order valence-corrected chi connectivity index (χ0v) is 9.76. The second kappa shape index (κ2) is 5.08. The van der Waals surface area contributed by atoms with Crippen molar-refractivity contribution >= 4 is 5.97 Å². The van der Waals surface area contributed by atoms with Crippen molar-refractivity contribution in [2.24, 2.45) is 0 Å². The minimum Gasteiger partial charge on any atom is -0.465 e. The van der Waals surface area contributed by atoms with Gasteiger partial charge in [-0.25, -0.2) is 4.79 Å². The van der Waals surface area contributed by atoms with Crippen LogP contribution >= 0.6 is 0 Å². The van der Waals surface area contributed by atoms with Gasteiger partial charge in [0.2, 0.25) is 0 Å². The smallest absolute Gasteiger partial charge is 0.417 e. The molecule has 0 aliphatic carbocycles. The summed E-state index contributed by atoms with van der Waals surface area (Å²) in [5.41, 5.74) is -1.59. The number of alkyl halides is 3. The van der Waals surface area contributed by atoms with E-state index in [2.05, 4.69) is 4.74 Å². The molecule has 6 heteroatoms. The maximum absolute atomic E-state index is 12.8. The summed E-state index contributed by atoms with van der Waals surface area (Å²) in [6.07, 6.45) is -4.46. The first kappa shape index (κ1) is 14.0. The van der Waals surface area contributed by atoms with E-state index in [1.54, 1.807) is 6.92 Å². The largest absolute Gasteiger partial charge is 0.465 e. The van der Waals surface area contributed by atoms with Crippen LogP contribution in [0.4, 0.5) is 13.2 Å². The highest BCUT2D eigenvalue weighted by atomic mass is 19.4. The summed E-state index contributed by atoms with van der Waals surface area (Å²) in [7, 11) is 1.08. The molecule has 1 aromatic carbocycles. The highest BCUT2D eigenvalue weighted by molar-refractivity contribution is 5.90. The van der Waals surface area contributed by atoms with Crippen LogP contribution < -0.4 is 0 Å². The molecule has 1 rings (SSSR count). The monoisotopic (exact) mass is 257 g/mol. The van der Waals surface area contributed by atoms with Crippen LogP contribution in [0.25, 0.3) is 0 Å². The topological polar surface area (TPSA) is 50.1 Å². The summed E-state index contributed by atoms with van der Waals surface area (Å²) in [4.78, 5) is 11.3. The van der Waals surface area contributed by atoms with Gasteiger partial charge in [0.05, 0.1) is 23.8 Å². The van der Waals surface area contributed by atoms with E-state index >= 15 is 0 Å². The zero-order valence-electron chi connectivity index (χ0n) is 9.76. The lowest BCUT2D eigenvalue weighted by atomic mass is 9.96. The predicted octanol–water partition coefficient (Wildman–Crippen LogP) is 2.93. The number of halogens is 3. The zero-order chi connectivity index (χ0) is 13.9. The average Bonchev–Trinajstić information content (AvgIpc) is 2.34. The highest BCUT2D eigenvalue weighted by Crippen LogP contribution is 2.34. The molecule has 3 nitrogen and oxygen atoms in total. The number of hydrogen-bond acceptors (Lipinski definition) is 3. The Balaban J connectivity index is 3.57. The van der Waals surface area contributed by atoms with Gasteiger partial charge in [0.1, 0.15) is 6.07 Å². The number of nitrogens with zero attached hydrogens (tertiary/aromatic N) is 1. The lowest BCUT2D eigenvalue weighted by Gasteiger charge is -2.13. The van der Waals surface area contributed by atoms with Gasteiger partial charge in [-0.1, -0.05) is 6.92 Å². The van der Waals surface area contributed by atoms with E-state index in [1.165, 1.54) is 12.1 Å². The molecule has 0 aromatic heterocycles. The molecule has 0 saturated carbocycles. The number of methoxy groups -OCH3 is 1. The maximum Gasteiger partial charge on any atom is 0.417 e. The summed E-state index contributed by atoms with van der Waals surface area (Å²) in [5.74, 6) is -0.861. The number of ether oxygens (including phenoxy) is 1. The lowest BCUT2D eigenvalue weighted by molar-refractivity contribution is -0.137. The minimum absolute atomic E-state index is 0.174. The molecule has 0 bridgehead atoms. The Labute approximate surface area is 102 Å². The molecule has 0 aliphatic rings. The Bertz CT molecular complexity index is 515. The summed E-state index contributed by atoms with van der Waals surface area (Å²) >= 11 is 0.